The summed E-state index contributed by atoms with van der Waals surface area (Å²) in [5.74, 6) is -1.04. The van der Waals surface area contributed by atoms with Crippen LogP contribution in [0, 0.1) is 23.0 Å². The van der Waals surface area contributed by atoms with E-state index in [1.165, 1.54) is 18.5 Å². The van der Waals surface area contributed by atoms with Crippen molar-refractivity contribution in [2.45, 2.75) is 9.79 Å². The first-order valence-electron chi connectivity index (χ1n) is 4.67. The maximum absolute atomic E-state index is 13.4. The van der Waals surface area contributed by atoms with Gasteiger partial charge in [0.25, 0.3) is 0 Å². The van der Waals surface area contributed by atoms with Gasteiger partial charge in [0.1, 0.15) is 17.7 Å². The van der Waals surface area contributed by atoms with Crippen molar-refractivity contribution in [1.29, 1.82) is 5.26 Å². The van der Waals surface area contributed by atoms with E-state index in [1.54, 1.807) is 0 Å². The van der Waals surface area contributed by atoms with Gasteiger partial charge in [0.2, 0.25) is 0 Å². The Morgan fingerprint density at radius 2 is 2.00 bits per heavy atom. The molecule has 1 heterocycles. The van der Waals surface area contributed by atoms with Gasteiger partial charge in [0.15, 0.2) is 0 Å². The Labute approximate surface area is 101 Å². The van der Waals surface area contributed by atoms with Gasteiger partial charge in [-0.05, 0) is 24.3 Å². The van der Waals surface area contributed by atoms with Crippen LogP contribution in [0.25, 0.3) is 0 Å². The van der Waals surface area contributed by atoms with Gasteiger partial charge in [0, 0.05) is 17.3 Å². The van der Waals surface area contributed by atoms with Gasteiger partial charge < -0.3 is 0 Å². The molecule has 0 bridgehead atoms. The lowest BCUT2D eigenvalue weighted by atomic mass is 10.3. The summed E-state index contributed by atoms with van der Waals surface area (Å²) in [5, 5.41) is 8.86. The van der Waals surface area contributed by atoms with Gasteiger partial charge in [-0.3, -0.25) is 4.98 Å². The van der Waals surface area contributed by atoms with E-state index in [2.05, 4.69) is 4.98 Å². The summed E-state index contributed by atoms with van der Waals surface area (Å²) in [4.78, 5) is 4.49. The zero-order chi connectivity index (χ0) is 12.3. The second-order valence-corrected chi connectivity index (χ2v) is 4.24. The summed E-state index contributed by atoms with van der Waals surface area (Å²) >= 11 is 0.980. The van der Waals surface area contributed by atoms with Gasteiger partial charge in [-0.2, -0.15) is 5.26 Å². The number of hydrogen-bond donors (Lipinski definition) is 0. The molecule has 0 N–H and O–H groups in total. The second-order valence-electron chi connectivity index (χ2n) is 3.16. The van der Waals surface area contributed by atoms with Crippen LogP contribution in [0.15, 0.2) is 46.5 Å². The van der Waals surface area contributed by atoms with Crippen molar-refractivity contribution < 1.29 is 8.78 Å². The smallest absolute Gasteiger partial charge is 0.137 e. The highest BCUT2D eigenvalue weighted by Crippen LogP contribution is 2.31. The highest BCUT2D eigenvalue weighted by Gasteiger charge is 2.09. The third-order valence-corrected chi connectivity index (χ3v) is 3.10. The van der Waals surface area contributed by atoms with Crippen molar-refractivity contribution in [1.82, 2.24) is 4.98 Å². The Bertz CT molecular complexity index is 593. The molecule has 1 aromatic heterocycles. The molecule has 2 nitrogen and oxygen atoms in total. The lowest BCUT2D eigenvalue weighted by Gasteiger charge is -2.04. The van der Waals surface area contributed by atoms with Gasteiger partial charge in [0.05, 0.1) is 10.5 Å². The fraction of sp³-hybridized carbons (Fsp3) is 0. The molecular weight excluding hydrogens is 242 g/mol. The topological polar surface area (TPSA) is 36.7 Å². The normalized spacial score (nSPS) is 9.94. The molecule has 0 atom stereocenters. The van der Waals surface area contributed by atoms with E-state index >= 15 is 0 Å². The molecule has 0 radical (unpaired) electrons. The van der Waals surface area contributed by atoms with Crippen LogP contribution in [0.1, 0.15) is 5.56 Å². The van der Waals surface area contributed by atoms with E-state index in [4.69, 9.17) is 5.26 Å². The minimum Gasteiger partial charge on any atom is -0.263 e. The summed E-state index contributed by atoms with van der Waals surface area (Å²) in [6.07, 6.45) is 2.93. The molecule has 0 saturated carbocycles. The van der Waals surface area contributed by atoms with Crippen molar-refractivity contribution in [3.63, 3.8) is 0 Å². The molecule has 5 heteroatoms. The highest BCUT2D eigenvalue weighted by molar-refractivity contribution is 7.99. The Kier molecular flexibility index (Phi) is 3.35. The minimum atomic E-state index is -0.524. The van der Waals surface area contributed by atoms with Crippen molar-refractivity contribution in [2.24, 2.45) is 0 Å². The average molecular weight is 248 g/mol. The third kappa shape index (κ3) is 2.60. The quantitative estimate of drug-likeness (QED) is 0.817. The Balaban J connectivity index is 2.38. The molecule has 84 valence electrons. The lowest BCUT2D eigenvalue weighted by Crippen LogP contribution is -1.87. The first-order valence-corrected chi connectivity index (χ1v) is 5.49. The summed E-state index contributed by atoms with van der Waals surface area (Å²) in [6, 6.07) is 6.70. The first kappa shape index (κ1) is 11.6. The zero-order valence-electron chi connectivity index (χ0n) is 8.52. The Hall–Kier alpha value is -1.93. The molecule has 0 unspecified atom stereocenters. The molecule has 0 aliphatic rings. The van der Waals surface area contributed by atoms with Crippen LogP contribution in [0.3, 0.4) is 0 Å². The summed E-state index contributed by atoms with van der Waals surface area (Å²) in [7, 11) is 0. The number of nitrogens with zero attached hydrogens (tertiary/aromatic N) is 2. The molecule has 17 heavy (non-hydrogen) atoms. The standard InChI is InChI=1S/C12H6F2N2S/c13-9-1-2-10(14)11(5-9)17-12-7-16-4-3-8(12)6-15/h1-5,7H. The number of aromatic nitrogens is 1. The number of rotatable bonds is 2. The van der Waals surface area contributed by atoms with Crippen LogP contribution >= 0.6 is 11.8 Å². The van der Waals surface area contributed by atoms with Crippen molar-refractivity contribution in [2.75, 3.05) is 0 Å². The van der Waals surface area contributed by atoms with Gasteiger partial charge in [-0.1, -0.05) is 11.8 Å². The SMILES string of the molecule is N#Cc1ccncc1Sc1cc(F)ccc1F. The van der Waals surface area contributed by atoms with E-state index in [0.717, 1.165) is 30.0 Å². The van der Waals surface area contributed by atoms with Crippen LogP contribution < -0.4 is 0 Å². The molecular formula is C12H6F2N2S. The Morgan fingerprint density at radius 3 is 2.76 bits per heavy atom. The summed E-state index contributed by atoms with van der Waals surface area (Å²) in [6.45, 7) is 0. The van der Waals surface area contributed by atoms with Crippen LogP contribution in [0.4, 0.5) is 8.78 Å². The second kappa shape index (κ2) is 4.93. The maximum atomic E-state index is 13.4. The number of pyridine rings is 1. The molecule has 0 aliphatic carbocycles. The zero-order valence-corrected chi connectivity index (χ0v) is 9.34. The molecule has 0 spiro atoms. The van der Waals surface area contributed by atoms with Crippen LogP contribution in [-0.4, -0.2) is 4.98 Å². The first-order chi connectivity index (χ1) is 8.20. The number of benzene rings is 1. The minimum absolute atomic E-state index is 0.134. The van der Waals surface area contributed by atoms with Gasteiger partial charge >= 0.3 is 0 Å². The fourth-order valence-electron chi connectivity index (χ4n) is 1.23. The maximum Gasteiger partial charge on any atom is 0.137 e. The van der Waals surface area contributed by atoms with E-state index < -0.39 is 11.6 Å². The van der Waals surface area contributed by atoms with E-state index in [9.17, 15) is 8.78 Å². The third-order valence-electron chi connectivity index (χ3n) is 2.02. The lowest BCUT2D eigenvalue weighted by molar-refractivity contribution is 0.577. The average Bonchev–Trinajstić information content (AvgIpc) is 2.34. The molecule has 2 aromatic rings. The largest absolute Gasteiger partial charge is 0.263 e. The van der Waals surface area contributed by atoms with E-state index in [0.29, 0.717) is 10.5 Å². The highest BCUT2D eigenvalue weighted by atomic mass is 32.2. The molecule has 0 amide bonds. The predicted molar refractivity (Wildman–Crippen MR) is 59.4 cm³/mol. The molecule has 0 fully saturated rings. The number of nitriles is 1. The summed E-state index contributed by atoms with van der Waals surface area (Å²) in [5.41, 5.74) is 0.383. The van der Waals surface area contributed by atoms with Gasteiger partial charge in [-0.25, -0.2) is 8.78 Å². The monoisotopic (exact) mass is 248 g/mol. The van der Waals surface area contributed by atoms with Crippen molar-refractivity contribution >= 4 is 11.8 Å². The van der Waals surface area contributed by atoms with Crippen molar-refractivity contribution in [3.05, 3.63) is 53.9 Å². The fourth-order valence-corrected chi connectivity index (χ4v) is 2.14. The van der Waals surface area contributed by atoms with Crippen LogP contribution in [-0.2, 0) is 0 Å². The van der Waals surface area contributed by atoms with Crippen LogP contribution in [0.2, 0.25) is 0 Å². The Morgan fingerprint density at radius 1 is 1.18 bits per heavy atom. The van der Waals surface area contributed by atoms with E-state index in [1.807, 2.05) is 6.07 Å². The van der Waals surface area contributed by atoms with Crippen molar-refractivity contribution in [3.8, 4) is 6.07 Å². The molecule has 2 rings (SSSR count). The number of halogens is 2. The predicted octanol–water partition coefficient (Wildman–Crippen LogP) is 3.38. The number of hydrogen-bond acceptors (Lipinski definition) is 3. The summed E-state index contributed by atoms with van der Waals surface area (Å²) < 4.78 is 26.4. The van der Waals surface area contributed by atoms with Gasteiger partial charge in [-0.15, -0.1) is 0 Å². The molecule has 0 aliphatic heterocycles. The van der Waals surface area contributed by atoms with E-state index in [-0.39, 0.29) is 4.90 Å². The van der Waals surface area contributed by atoms with Crippen LogP contribution in [0.5, 0.6) is 0 Å². The molecule has 0 saturated heterocycles. The molecule has 1 aromatic carbocycles.